The van der Waals surface area contributed by atoms with Crippen molar-refractivity contribution in [3.63, 3.8) is 0 Å². The number of hydrogen-bond acceptors (Lipinski definition) is 8. The Morgan fingerprint density at radius 1 is 1.13 bits per heavy atom. The average Bonchev–Trinajstić information content (AvgIpc) is 3.28. The fourth-order valence-corrected chi connectivity index (χ4v) is 6.42. The van der Waals surface area contributed by atoms with Gasteiger partial charge in [0.2, 0.25) is 5.95 Å². The summed E-state index contributed by atoms with van der Waals surface area (Å²) in [4.78, 5) is 22.2. The van der Waals surface area contributed by atoms with Gasteiger partial charge in [-0.3, -0.25) is 4.79 Å². The summed E-state index contributed by atoms with van der Waals surface area (Å²) < 4.78 is 12.6. The molecule has 204 valence electrons. The van der Waals surface area contributed by atoms with E-state index in [1.54, 1.807) is 13.3 Å². The van der Waals surface area contributed by atoms with E-state index in [-0.39, 0.29) is 6.10 Å². The molecule has 2 aromatic heterocycles. The molecule has 1 fully saturated rings. The van der Waals surface area contributed by atoms with Crippen LogP contribution in [0.2, 0.25) is 0 Å². The number of nitrogens with two attached hydrogens (primary N) is 1. The van der Waals surface area contributed by atoms with Gasteiger partial charge in [-0.25, -0.2) is 9.97 Å². The third kappa shape index (κ3) is 5.69. The molecule has 9 heteroatoms. The number of carbonyl (C=O) groups excluding carboxylic acids is 1. The molecule has 1 amide bonds. The minimum atomic E-state index is -0.516. The molecule has 0 saturated carbocycles. The van der Waals surface area contributed by atoms with E-state index in [0.717, 1.165) is 34.5 Å². The molecule has 0 bridgehead atoms. The first kappa shape index (κ1) is 26.9. The molecular weight excluding hydrogens is 510 g/mol. The number of fused-ring (bicyclic) bond motifs is 1. The van der Waals surface area contributed by atoms with Crippen molar-refractivity contribution in [1.29, 1.82) is 0 Å². The zero-order valence-electron chi connectivity index (χ0n) is 22.9. The minimum Gasteiger partial charge on any atom is -0.496 e. The van der Waals surface area contributed by atoms with Crippen molar-refractivity contribution in [3.8, 4) is 22.6 Å². The quantitative estimate of drug-likeness (QED) is 0.240. The third-order valence-corrected chi connectivity index (χ3v) is 8.09. The number of aromatic nitrogens is 2. The van der Waals surface area contributed by atoms with Gasteiger partial charge in [-0.1, -0.05) is 24.3 Å². The predicted molar refractivity (Wildman–Crippen MR) is 157 cm³/mol. The van der Waals surface area contributed by atoms with E-state index in [4.69, 9.17) is 20.2 Å². The molecule has 5 rings (SSSR count). The van der Waals surface area contributed by atoms with Crippen LogP contribution in [0.4, 0.5) is 11.6 Å². The monoisotopic (exact) mass is 545 g/mol. The Bertz CT molecular complexity index is 1490. The van der Waals surface area contributed by atoms with Crippen molar-refractivity contribution in [2.24, 2.45) is 5.73 Å². The van der Waals surface area contributed by atoms with E-state index in [0.29, 0.717) is 45.7 Å². The van der Waals surface area contributed by atoms with Gasteiger partial charge >= 0.3 is 0 Å². The fourth-order valence-electron chi connectivity index (χ4n) is 5.44. The van der Waals surface area contributed by atoms with Crippen molar-refractivity contribution >= 4 is 39.1 Å². The van der Waals surface area contributed by atoms with Crippen molar-refractivity contribution in [1.82, 2.24) is 15.3 Å². The summed E-state index contributed by atoms with van der Waals surface area (Å²) in [6.45, 7) is 8.52. The first-order chi connectivity index (χ1) is 18.7. The Morgan fingerprint density at radius 3 is 2.56 bits per heavy atom. The first-order valence-corrected chi connectivity index (χ1v) is 14.1. The number of amides is 1. The molecule has 3 heterocycles. The lowest BCUT2D eigenvalue weighted by molar-refractivity contribution is 0.100. The first-order valence-electron chi connectivity index (χ1n) is 13.3. The minimum absolute atomic E-state index is 0.00205. The molecule has 4 aromatic rings. The van der Waals surface area contributed by atoms with Crippen molar-refractivity contribution < 1.29 is 14.3 Å². The third-order valence-electron chi connectivity index (χ3n) is 6.96. The number of nitrogens with zero attached hydrogens (tertiary/aromatic N) is 2. The topological polar surface area (TPSA) is 111 Å². The summed E-state index contributed by atoms with van der Waals surface area (Å²) >= 11 is 1.28. The molecule has 2 atom stereocenters. The normalized spacial score (nSPS) is 19.3. The maximum absolute atomic E-state index is 12.4. The van der Waals surface area contributed by atoms with Gasteiger partial charge < -0.3 is 25.8 Å². The molecule has 4 N–H and O–H groups in total. The van der Waals surface area contributed by atoms with Crippen LogP contribution in [-0.4, -0.2) is 41.2 Å². The highest BCUT2D eigenvalue weighted by atomic mass is 32.1. The second kappa shape index (κ2) is 11.2. The van der Waals surface area contributed by atoms with Crippen LogP contribution in [0, 0.1) is 0 Å². The van der Waals surface area contributed by atoms with Crippen molar-refractivity contribution in [2.75, 3.05) is 12.4 Å². The zero-order valence-corrected chi connectivity index (χ0v) is 23.8. The summed E-state index contributed by atoms with van der Waals surface area (Å²) in [5.74, 6) is 1.75. The summed E-state index contributed by atoms with van der Waals surface area (Å²) in [6.07, 6.45) is 3.89. The number of carbonyl (C=O) groups is 1. The Kier molecular flexibility index (Phi) is 7.72. The number of ether oxygens (including phenoxy) is 2. The van der Waals surface area contributed by atoms with Gasteiger partial charge in [-0.15, -0.1) is 11.3 Å². The molecule has 2 unspecified atom stereocenters. The number of thiophene rings is 1. The molecule has 0 aliphatic carbocycles. The number of methoxy groups -OCH3 is 1. The highest BCUT2D eigenvalue weighted by Crippen LogP contribution is 2.42. The molecule has 1 aliphatic rings. The summed E-state index contributed by atoms with van der Waals surface area (Å²) in [5, 5.41) is 6.98. The van der Waals surface area contributed by atoms with Crippen molar-refractivity contribution in [3.05, 3.63) is 59.1 Å². The number of hydrogen-bond donors (Lipinski definition) is 3. The fraction of sp³-hybridized carbons (Fsp3) is 0.367. The van der Waals surface area contributed by atoms with E-state index in [2.05, 4.69) is 41.6 Å². The van der Waals surface area contributed by atoms with Crippen LogP contribution in [0.15, 0.2) is 48.7 Å². The van der Waals surface area contributed by atoms with E-state index in [1.807, 2.05) is 44.2 Å². The summed E-state index contributed by atoms with van der Waals surface area (Å²) in [5.41, 5.74) is 9.87. The van der Waals surface area contributed by atoms with Gasteiger partial charge in [0.1, 0.15) is 16.4 Å². The molecule has 39 heavy (non-hydrogen) atoms. The van der Waals surface area contributed by atoms with E-state index < -0.39 is 5.91 Å². The second-order valence-electron chi connectivity index (χ2n) is 10.5. The zero-order chi connectivity index (χ0) is 27.7. The average molecular weight is 546 g/mol. The molecule has 0 radical (unpaired) electrons. The van der Waals surface area contributed by atoms with E-state index in [9.17, 15) is 4.79 Å². The predicted octanol–water partition coefficient (Wildman–Crippen LogP) is 6.24. The van der Waals surface area contributed by atoms with Crippen LogP contribution in [0.1, 0.15) is 61.7 Å². The Labute approximate surface area is 233 Å². The lowest BCUT2D eigenvalue weighted by Gasteiger charge is -2.33. The largest absolute Gasteiger partial charge is 0.496 e. The number of para-hydroxylation sites is 1. The molecule has 8 nitrogen and oxygen atoms in total. The highest BCUT2D eigenvalue weighted by molar-refractivity contribution is 7.21. The molecular formula is C30H35N5O3S. The van der Waals surface area contributed by atoms with E-state index in [1.165, 1.54) is 16.9 Å². The van der Waals surface area contributed by atoms with Gasteiger partial charge in [-0.2, -0.15) is 0 Å². The smallest absolute Gasteiger partial charge is 0.259 e. The van der Waals surface area contributed by atoms with Gasteiger partial charge in [-0.05, 0) is 70.2 Å². The van der Waals surface area contributed by atoms with Gasteiger partial charge in [0, 0.05) is 23.2 Å². The number of benzene rings is 2. The van der Waals surface area contributed by atoms with Crippen LogP contribution < -0.4 is 25.8 Å². The number of piperidine rings is 1. The van der Waals surface area contributed by atoms with E-state index >= 15 is 0 Å². The summed E-state index contributed by atoms with van der Waals surface area (Å²) in [7, 11) is 1.60. The van der Waals surface area contributed by atoms with Gasteiger partial charge in [0.05, 0.1) is 35.3 Å². The van der Waals surface area contributed by atoms with Crippen LogP contribution >= 0.6 is 11.3 Å². The maximum Gasteiger partial charge on any atom is 0.259 e. The molecule has 0 spiro atoms. The lowest BCUT2D eigenvalue weighted by Crippen LogP contribution is -2.41. The second-order valence-corrected chi connectivity index (χ2v) is 11.5. The Balaban J connectivity index is 1.54. The maximum atomic E-state index is 12.4. The Morgan fingerprint density at radius 2 is 1.87 bits per heavy atom. The van der Waals surface area contributed by atoms with Crippen LogP contribution in [0.5, 0.6) is 11.5 Å². The van der Waals surface area contributed by atoms with Gasteiger partial charge in [0.25, 0.3) is 5.91 Å². The number of nitrogens with one attached hydrogen (secondary N) is 2. The van der Waals surface area contributed by atoms with Gasteiger partial charge in [0.15, 0.2) is 0 Å². The number of rotatable bonds is 8. The van der Waals surface area contributed by atoms with Crippen LogP contribution in [0.25, 0.3) is 21.3 Å². The highest BCUT2D eigenvalue weighted by Gasteiger charge is 2.26. The standard InChI is InChI=1S/C30H35N5O3S/c1-16(2)38-24-14-19(20-12-17(3)33-18(4)13-20)10-11-22(24)34-30-32-15-25-27(35-30)26(28(39-25)29(31)36)21-8-6-7-9-23(21)37-5/h6-11,14-18,20,33H,12-13H2,1-5H3,(H2,31,36)(H,32,34,35). The molecule has 1 saturated heterocycles. The van der Waals surface area contributed by atoms with Crippen LogP contribution in [0.3, 0.4) is 0 Å². The number of anilines is 2. The number of primary amides is 1. The SMILES string of the molecule is COc1ccccc1-c1c(C(N)=O)sc2cnc(Nc3ccc(C4CC(C)NC(C)C4)cc3OC(C)C)nc12. The van der Waals surface area contributed by atoms with Crippen molar-refractivity contribution in [2.45, 2.75) is 64.6 Å². The molecule has 1 aliphatic heterocycles. The molecule has 2 aromatic carbocycles. The lowest BCUT2D eigenvalue weighted by atomic mass is 9.83. The Hall–Kier alpha value is -3.69. The van der Waals surface area contributed by atoms with Crippen LogP contribution in [-0.2, 0) is 0 Å². The summed E-state index contributed by atoms with van der Waals surface area (Å²) in [6, 6.07) is 14.8.